The summed E-state index contributed by atoms with van der Waals surface area (Å²) in [6, 6.07) is 1.63. The summed E-state index contributed by atoms with van der Waals surface area (Å²) in [5.74, 6) is 0.00581. The highest BCUT2D eigenvalue weighted by molar-refractivity contribution is 5.98. The van der Waals surface area contributed by atoms with Crippen LogP contribution in [0.3, 0.4) is 0 Å². The lowest BCUT2D eigenvalue weighted by atomic mass is 10.1. The molecule has 2 aromatic heterocycles. The third-order valence-corrected chi connectivity index (χ3v) is 5.35. The van der Waals surface area contributed by atoms with Crippen LogP contribution in [0.4, 0.5) is 5.95 Å². The minimum Gasteiger partial charge on any atom is -0.404 e. The van der Waals surface area contributed by atoms with E-state index < -0.39 is 5.91 Å². The maximum Gasteiger partial charge on any atom is 0.265 e. The molecule has 9 heteroatoms. The minimum atomic E-state index is -0.449. The summed E-state index contributed by atoms with van der Waals surface area (Å²) in [6.45, 7) is 4.57. The van der Waals surface area contributed by atoms with Crippen molar-refractivity contribution in [3.63, 3.8) is 0 Å². The van der Waals surface area contributed by atoms with Gasteiger partial charge in [0.25, 0.3) is 11.5 Å². The van der Waals surface area contributed by atoms with Crippen LogP contribution in [0.15, 0.2) is 27.6 Å². The van der Waals surface area contributed by atoms with Crippen LogP contribution >= 0.6 is 0 Å². The number of rotatable bonds is 7. The van der Waals surface area contributed by atoms with Gasteiger partial charge in [0.2, 0.25) is 5.95 Å². The third kappa shape index (κ3) is 4.34. The fourth-order valence-corrected chi connectivity index (χ4v) is 3.76. The monoisotopic (exact) mass is 411 g/mol. The van der Waals surface area contributed by atoms with Crippen LogP contribution in [-0.2, 0) is 0 Å². The molecule has 0 saturated heterocycles. The van der Waals surface area contributed by atoms with Crippen molar-refractivity contribution in [1.29, 1.82) is 0 Å². The van der Waals surface area contributed by atoms with Gasteiger partial charge in [-0.05, 0) is 32.8 Å². The van der Waals surface area contributed by atoms with Gasteiger partial charge in [0.1, 0.15) is 11.2 Å². The summed E-state index contributed by atoms with van der Waals surface area (Å²) in [5.41, 5.74) is 7.31. The van der Waals surface area contributed by atoms with Gasteiger partial charge in [-0.25, -0.2) is 4.98 Å². The number of carbonyl (C=O) groups excluding carboxylic acids is 1. The lowest BCUT2D eigenvalue weighted by molar-refractivity contribution is 0.0955. The van der Waals surface area contributed by atoms with E-state index in [4.69, 9.17) is 5.73 Å². The van der Waals surface area contributed by atoms with Gasteiger partial charge >= 0.3 is 0 Å². The number of aromatic nitrogens is 3. The summed E-state index contributed by atoms with van der Waals surface area (Å²) in [4.78, 5) is 39.4. The Morgan fingerprint density at radius 3 is 2.73 bits per heavy atom. The van der Waals surface area contributed by atoms with Gasteiger partial charge in [-0.2, -0.15) is 4.98 Å². The first kappa shape index (κ1) is 21.5. The van der Waals surface area contributed by atoms with E-state index in [9.17, 15) is 9.59 Å². The molecule has 0 atom stereocenters. The number of carbonyl (C=O) groups is 1. The highest BCUT2D eigenvalue weighted by Gasteiger charge is 2.25. The number of nitrogens with one attached hydrogen (secondary N) is 2. The Balaban J connectivity index is 2.06. The van der Waals surface area contributed by atoms with Crippen molar-refractivity contribution in [2.24, 2.45) is 10.7 Å². The Morgan fingerprint density at radius 1 is 1.37 bits per heavy atom. The molecule has 1 saturated carbocycles. The van der Waals surface area contributed by atoms with E-state index >= 15 is 0 Å². The Kier molecular flexibility index (Phi) is 6.81. The Labute approximate surface area is 175 Å². The quantitative estimate of drug-likeness (QED) is 0.597. The lowest BCUT2D eigenvalue weighted by Gasteiger charge is -2.19. The summed E-state index contributed by atoms with van der Waals surface area (Å²) in [6.07, 6.45) is 6.92. The van der Waals surface area contributed by atoms with E-state index in [1.807, 2.05) is 13.8 Å². The van der Waals surface area contributed by atoms with Gasteiger partial charge in [0.15, 0.2) is 0 Å². The zero-order valence-corrected chi connectivity index (χ0v) is 17.7. The van der Waals surface area contributed by atoms with Crippen molar-refractivity contribution in [2.75, 3.05) is 25.5 Å². The Hall–Kier alpha value is -3.23. The van der Waals surface area contributed by atoms with Crippen molar-refractivity contribution < 1.29 is 4.79 Å². The number of nitrogens with two attached hydrogens (primary N) is 1. The molecule has 1 aliphatic carbocycles. The van der Waals surface area contributed by atoms with Gasteiger partial charge in [-0.3, -0.25) is 19.1 Å². The van der Waals surface area contributed by atoms with Crippen molar-refractivity contribution in [3.05, 3.63) is 39.5 Å². The number of fused-ring (bicyclic) bond motifs is 1. The average Bonchev–Trinajstić information content (AvgIpc) is 3.27. The van der Waals surface area contributed by atoms with Crippen LogP contribution in [0.25, 0.3) is 11.0 Å². The second-order valence-electron chi connectivity index (χ2n) is 7.34. The van der Waals surface area contributed by atoms with Crippen LogP contribution in [0.5, 0.6) is 0 Å². The molecule has 0 bridgehead atoms. The first-order chi connectivity index (χ1) is 14.5. The number of aryl methyl sites for hydroxylation is 1. The third-order valence-electron chi connectivity index (χ3n) is 5.35. The average molecular weight is 412 g/mol. The summed E-state index contributed by atoms with van der Waals surface area (Å²) >= 11 is 0. The Morgan fingerprint density at radius 2 is 2.10 bits per heavy atom. The molecule has 0 unspecified atom stereocenters. The molecule has 30 heavy (non-hydrogen) atoms. The molecule has 0 aliphatic heterocycles. The largest absolute Gasteiger partial charge is 0.404 e. The minimum absolute atomic E-state index is 0.0305. The fraction of sp³-hybridized carbons (Fsp3) is 0.476. The van der Waals surface area contributed by atoms with E-state index in [2.05, 4.69) is 25.6 Å². The fourth-order valence-electron chi connectivity index (χ4n) is 3.76. The maximum absolute atomic E-state index is 13.4. The van der Waals surface area contributed by atoms with Crippen molar-refractivity contribution in [3.8, 4) is 0 Å². The SMILES string of the molecule is CCN=CC(=CN)CNC(=O)c1cc2c(C)nc(NC)nc2n(C2CCCC2)c1=O. The first-order valence-electron chi connectivity index (χ1n) is 10.3. The summed E-state index contributed by atoms with van der Waals surface area (Å²) < 4.78 is 1.69. The molecule has 9 nitrogen and oxygen atoms in total. The topological polar surface area (TPSA) is 127 Å². The highest BCUT2D eigenvalue weighted by Crippen LogP contribution is 2.31. The predicted molar refractivity (Wildman–Crippen MR) is 119 cm³/mol. The van der Waals surface area contributed by atoms with E-state index in [1.54, 1.807) is 23.9 Å². The molecule has 3 rings (SSSR count). The number of amides is 1. The molecule has 0 aromatic carbocycles. The van der Waals surface area contributed by atoms with Crippen molar-refractivity contribution >= 4 is 29.1 Å². The van der Waals surface area contributed by atoms with Crippen molar-refractivity contribution in [2.45, 2.75) is 45.6 Å². The van der Waals surface area contributed by atoms with Gasteiger partial charge < -0.3 is 16.4 Å². The molecule has 2 aromatic rings. The number of hydrogen-bond acceptors (Lipinski definition) is 7. The van der Waals surface area contributed by atoms with Gasteiger partial charge in [-0.15, -0.1) is 0 Å². The smallest absolute Gasteiger partial charge is 0.265 e. The molecule has 1 fully saturated rings. The predicted octanol–water partition coefficient (Wildman–Crippen LogP) is 1.92. The summed E-state index contributed by atoms with van der Waals surface area (Å²) in [7, 11) is 1.74. The second kappa shape index (κ2) is 9.51. The number of pyridine rings is 1. The van der Waals surface area contributed by atoms with E-state index in [-0.39, 0.29) is 23.7 Å². The van der Waals surface area contributed by atoms with Crippen LogP contribution in [0.1, 0.15) is 54.7 Å². The molecular weight excluding hydrogens is 382 g/mol. The van der Waals surface area contributed by atoms with Crippen LogP contribution in [0, 0.1) is 6.92 Å². The van der Waals surface area contributed by atoms with Gasteiger partial charge in [-0.1, -0.05) is 12.8 Å². The van der Waals surface area contributed by atoms with Gasteiger partial charge in [0.05, 0.1) is 5.69 Å². The van der Waals surface area contributed by atoms with E-state index in [0.717, 1.165) is 25.7 Å². The van der Waals surface area contributed by atoms with Crippen LogP contribution in [0.2, 0.25) is 0 Å². The normalized spacial score (nSPS) is 15.2. The van der Waals surface area contributed by atoms with Gasteiger partial charge in [0, 0.05) is 49.6 Å². The lowest BCUT2D eigenvalue weighted by Crippen LogP contribution is -2.35. The molecule has 1 amide bonds. The summed E-state index contributed by atoms with van der Waals surface area (Å²) in [5, 5.41) is 6.42. The highest BCUT2D eigenvalue weighted by atomic mass is 16.2. The maximum atomic E-state index is 13.4. The number of anilines is 1. The number of hydrogen-bond donors (Lipinski definition) is 3. The standard InChI is InChI=1S/C21H29N7O2/c1-4-24-11-14(10-22)12-25-19(29)17-9-16-13(2)26-21(23-3)27-18(16)28(20(17)30)15-7-5-6-8-15/h9-11,15H,4-8,12,22H2,1-3H3,(H,25,29)(H,23,26,27). The Bertz CT molecular complexity index is 1050. The molecule has 1 aliphatic rings. The molecule has 0 radical (unpaired) electrons. The molecular formula is C21H29N7O2. The first-order valence-corrected chi connectivity index (χ1v) is 10.3. The number of aliphatic imine (C=N–C) groups is 1. The molecule has 2 heterocycles. The molecule has 160 valence electrons. The van der Waals surface area contributed by atoms with E-state index in [0.29, 0.717) is 34.8 Å². The zero-order valence-electron chi connectivity index (χ0n) is 17.7. The second-order valence-corrected chi connectivity index (χ2v) is 7.34. The van der Waals surface area contributed by atoms with Crippen LogP contribution in [-0.4, -0.2) is 46.8 Å². The van der Waals surface area contributed by atoms with E-state index in [1.165, 1.54) is 6.20 Å². The molecule has 4 N–H and O–H groups in total. The zero-order chi connectivity index (χ0) is 21.7. The number of nitrogens with zero attached hydrogens (tertiary/aromatic N) is 4. The van der Waals surface area contributed by atoms with Crippen molar-refractivity contribution in [1.82, 2.24) is 19.9 Å². The van der Waals surface area contributed by atoms with Crippen LogP contribution < -0.4 is 21.9 Å². The molecule has 0 spiro atoms.